The van der Waals surface area contributed by atoms with Crippen LogP contribution >= 0.6 is 11.8 Å². The molecule has 1 saturated heterocycles. The lowest BCUT2D eigenvalue weighted by molar-refractivity contribution is 0.440. The van der Waals surface area contributed by atoms with Gasteiger partial charge in [-0.2, -0.15) is 10.5 Å². The molecule has 1 fully saturated rings. The third-order valence-electron chi connectivity index (χ3n) is 4.06. The number of rotatable bonds is 3. The SMILES string of the molecule is Cc1ccc(S(=O)(=O)N2C(=C(C#N)C#N)SCC2c2ccccc2)cc1. The molecule has 0 bridgehead atoms. The van der Waals surface area contributed by atoms with E-state index >= 15 is 0 Å². The predicted molar refractivity (Wildman–Crippen MR) is 100 cm³/mol. The van der Waals surface area contributed by atoms with Crippen molar-refractivity contribution in [3.63, 3.8) is 0 Å². The van der Waals surface area contributed by atoms with Crippen LogP contribution in [0.15, 0.2) is 70.1 Å². The molecule has 0 amide bonds. The van der Waals surface area contributed by atoms with Crippen LogP contribution in [0.3, 0.4) is 0 Å². The van der Waals surface area contributed by atoms with Crippen LogP contribution in [-0.2, 0) is 10.0 Å². The van der Waals surface area contributed by atoms with Gasteiger partial charge in [-0.05, 0) is 24.6 Å². The van der Waals surface area contributed by atoms with Gasteiger partial charge in [-0.1, -0.05) is 48.0 Å². The van der Waals surface area contributed by atoms with Crippen LogP contribution < -0.4 is 0 Å². The van der Waals surface area contributed by atoms with Crippen molar-refractivity contribution in [3.8, 4) is 12.1 Å². The largest absolute Gasteiger partial charge is 0.265 e. The van der Waals surface area contributed by atoms with Crippen molar-refractivity contribution in [2.45, 2.75) is 17.9 Å². The standard InChI is InChI=1S/C19H15N3O2S2/c1-14-7-9-17(10-8-14)26(23,24)22-18(15-5-3-2-4-6-15)13-25-19(22)16(11-20)12-21/h2-10,18H,13H2,1H3. The lowest BCUT2D eigenvalue weighted by Crippen LogP contribution is -2.30. The molecule has 26 heavy (non-hydrogen) atoms. The van der Waals surface area contributed by atoms with Crippen molar-refractivity contribution in [3.05, 3.63) is 76.3 Å². The lowest BCUT2D eigenvalue weighted by Gasteiger charge is -2.26. The van der Waals surface area contributed by atoms with Crippen LogP contribution in [0.2, 0.25) is 0 Å². The summed E-state index contributed by atoms with van der Waals surface area (Å²) in [6.45, 7) is 1.88. The molecule has 3 rings (SSSR count). The van der Waals surface area contributed by atoms with E-state index in [-0.39, 0.29) is 15.5 Å². The highest BCUT2D eigenvalue weighted by molar-refractivity contribution is 8.04. The number of aryl methyl sites for hydroxylation is 1. The Hall–Kier alpha value is -2.74. The minimum atomic E-state index is -3.91. The zero-order valence-electron chi connectivity index (χ0n) is 14.0. The third kappa shape index (κ3) is 3.20. The summed E-state index contributed by atoms with van der Waals surface area (Å²) in [5.41, 5.74) is 1.58. The molecule has 5 nitrogen and oxygen atoms in total. The fourth-order valence-electron chi connectivity index (χ4n) is 2.74. The molecule has 1 heterocycles. The molecule has 0 radical (unpaired) electrons. The van der Waals surface area contributed by atoms with Gasteiger partial charge in [0.1, 0.15) is 17.2 Å². The van der Waals surface area contributed by atoms with E-state index < -0.39 is 16.1 Å². The first-order chi connectivity index (χ1) is 12.5. The van der Waals surface area contributed by atoms with E-state index in [1.165, 1.54) is 16.1 Å². The van der Waals surface area contributed by atoms with Crippen molar-refractivity contribution in [1.29, 1.82) is 10.5 Å². The summed E-state index contributed by atoms with van der Waals surface area (Å²) in [4.78, 5) is 0.138. The number of benzene rings is 2. The monoisotopic (exact) mass is 381 g/mol. The van der Waals surface area contributed by atoms with Crippen molar-refractivity contribution in [2.24, 2.45) is 0 Å². The Morgan fingerprint density at radius 3 is 2.27 bits per heavy atom. The van der Waals surface area contributed by atoms with Gasteiger partial charge in [0, 0.05) is 5.75 Å². The van der Waals surface area contributed by atoms with Crippen LogP contribution in [0.1, 0.15) is 17.2 Å². The van der Waals surface area contributed by atoms with Gasteiger partial charge in [-0.15, -0.1) is 11.8 Å². The van der Waals surface area contributed by atoms with Crippen LogP contribution in [0.5, 0.6) is 0 Å². The van der Waals surface area contributed by atoms with Crippen LogP contribution in [0.4, 0.5) is 0 Å². The molecule has 2 aromatic carbocycles. The van der Waals surface area contributed by atoms with Crippen molar-refractivity contribution < 1.29 is 8.42 Å². The number of thioether (sulfide) groups is 1. The molecule has 1 aliphatic heterocycles. The Morgan fingerprint density at radius 2 is 1.69 bits per heavy atom. The van der Waals surface area contributed by atoms with Gasteiger partial charge in [0.15, 0.2) is 5.57 Å². The number of nitrogens with zero attached hydrogens (tertiary/aromatic N) is 3. The topological polar surface area (TPSA) is 85.0 Å². The summed E-state index contributed by atoms with van der Waals surface area (Å²) in [5.74, 6) is 0.442. The van der Waals surface area contributed by atoms with Gasteiger partial charge in [-0.3, -0.25) is 0 Å². The van der Waals surface area contributed by atoms with Gasteiger partial charge >= 0.3 is 0 Å². The molecule has 0 aromatic heterocycles. The van der Waals surface area contributed by atoms with Crippen LogP contribution in [0.25, 0.3) is 0 Å². The van der Waals surface area contributed by atoms with E-state index in [0.717, 1.165) is 11.1 Å². The molecule has 2 aromatic rings. The number of allylic oxidation sites excluding steroid dienone is 1. The highest BCUT2D eigenvalue weighted by Gasteiger charge is 2.41. The van der Waals surface area contributed by atoms with Gasteiger partial charge in [-0.25, -0.2) is 12.7 Å². The maximum Gasteiger partial charge on any atom is 0.265 e. The predicted octanol–water partition coefficient (Wildman–Crippen LogP) is 3.73. The zero-order valence-corrected chi connectivity index (χ0v) is 15.6. The van der Waals surface area contributed by atoms with Gasteiger partial charge < -0.3 is 0 Å². The van der Waals surface area contributed by atoms with E-state index in [9.17, 15) is 18.9 Å². The third-order valence-corrected chi connectivity index (χ3v) is 7.16. The van der Waals surface area contributed by atoms with Crippen molar-refractivity contribution in [1.82, 2.24) is 4.31 Å². The lowest BCUT2D eigenvalue weighted by atomic mass is 10.1. The molecule has 7 heteroatoms. The van der Waals surface area contributed by atoms with Crippen molar-refractivity contribution in [2.75, 3.05) is 5.75 Å². The number of hydrogen-bond acceptors (Lipinski definition) is 5. The molecule has 130 valence electrons. The normalized spacial score (nSPS) is 16.8. The average molecular weight is 381 g/mol. The summed E-state index contributed by atoms with van der Waals surface area (Å²) < 4.78 is 27.9. The fraction of sp³-hybridized carbons (Fsp3) is 0.158. The Bertz CT molecular complexity index is 1010. The van der Waals surface area contributed by atoms with E-state index in [2.05, 4.69) is 0 Å². The first-order valence-corrected chi connectivity index (χ1v) is 10.2. The van der Waals surface area contributed by atoms with E-state index in [1.807, 2.05) is 49.4 Å². The molecule has 1 atom stereocenters. The highest BCUT2D eigenvalue weighted by atomic mass is 32.2. The molecule has 1 unspecified atom stereocenters. The first kappa shape index (κ1) is 18.1. The van der Waals surface area contributed by atoms with Gasteiger partial charge in [0.05, 0.1) is 10.9 Å². The first-order valence-electron chi connectivity index (χ1n) is 7.82. The second-order valence-electron chi connectivity index (χ2n) is 5.76. The maximum absolute atomic E-state index is 13.3. The zero-order chi connectivity index (χ0) is 18.7. The summed E-state index contributed by atoms with van der Waals surface area (Å²) in [7, 11) is -3.91. The Morgan fingerprint density at radius 1 is 1.08 bits per heavy atom. The minimum Gasteiger partial charge on any atom is -0.250 e. The maximum atomic E-state index is 13.3. The molecular formula is C19H15N3O2S2. The fourth-order valence-corrected chi connectivity index (χ4v) is 5.98. The summed E-state index contributed by atoms with van der Waals surface area (Å²) in [6.07, 6.45) is 0. The molecule has 0 N–H and O–H groups in total. The molecule has 0 aliphatic carbocycles. The Balaban J connectivity index is 2.19. The average Bonchev–Trinajstić information content (AvgIpc) is 3.10. The molecule has 1 aliphatic rings. The molecular weight excluding hydrogens is 366 g/mol. The molecule has 0 spiro atoms. The smallest absolute Gasteiger partial charge is 0.250 e. The summed E-state index contributed by atoms with van der Waals surface area (Å²) in [5, 5.41) is 18.7. The van der Waals surface area contributed by atoms with Gasteiger partial charge in [0.25, 0.3) is 10.0 Å². The quantitative estimate of drug-likeness (QED) is 0.756. The minimum absolute atomic E-state index is 0.138. The van der Waals surface area contributed by atoms with E-state index in [1.54, 1.807) is 24.3 Å². The Labute approximate surface area is 157 Å². The van der Waals surface area contributed by atoms with Crippen LogP contribution in [0, 0.1) is 29.6 Å². The Kier molecular flexibility index (Phi) is 5.03. The summed E-state index contributed by atoms with van der Waals surface area (Å²) in [6, 6.07) is 19.0. The number of hydrogen-bond donors (Lipinski definition) is 0. The second kappa shape index (κ2) is 7.25. The number of sulfonamides is 1. The summed E-state index contributed by atoms with van der Waals surface area (Å²) >= 11 is 1.22. The van der Waals surface area contributed by atoms with E-state index in [4.69, 9.17) is 0 Å². The molecule has 0 saturated carbocycles. The highest BCUT2D eigenvalue weighted by Crippen LogP contribution is 2.46. The van der Waals surface area contributed by atoms with E-state index in [0.29, 0.717) is 5.75 Å². The van der Waals surface area contributed by atoms with Gasteiger partial charge in [0.2, 0.25) is 0 Å². The second-order valence-corrected chi connectivity index (χ2v) is 8.58. The van der Waals surface area contributed by atoms with Crippen LogP contribution in [-0.4, -0.2) is 18.5 Å². The van der Waals surface area contributed by atoms with Crippen molar-refractivity contribution >= 4 is 21.8 Å². The number of nitriles is 2.